The van der Waals surface area contributed by atoms with Crippen LogP contribution in [-0.2, 0) is 6.42 Å². The van der Waals surface area contributed by atoms with Crippen LogP contribution in [0.4, 0.5) is 0 Å². The van der Waals surface area contributed by atoms with Crippen molar-refractivity contribution < 1.29 is 0 Å². The highest BCUT2D eigenvalue weighted by Crippen LogP contribution is 2.35. The van der Waals surface area contributed by atoms with Crippen molar-refractivity contribution in [3.8, 4) is 71.0 Å². The van der Waals surface area contributed by atoms with E-state index >= 15 is 0 Å². The molecule has 0 unspecified atom stereocenters. The number of aryl methyl sites for hydroxylation is 1. The highest BCUT2D eigenvalue weighted by molar-refractivity contribution is 6.08. The number of hydrogen-bond donors (Lipinski definition) is 0. The van der Waals surface area contributed by atoms with Crippen LogP contribution in [0.1, 0.15) is 149 Å². The number of benzene rings is 9. The summed E-state index contributed by atoms with van der Waals surface area (Å²) in [7, 11) is 0. The van der Waals surface area contributed by atoms with Crippen molar-refractivity contribution in [2.75, 3.05) is 0 Å². The van der Waals surface area contributed by atoms with E-state index in [0.717, 1.165) is 100 Å². The van der Waals surface area contributed by atoms with Crippen molar-refractivity contribution in [3.63, 3.8) is 0 Å². The van der Waals surface area contributed by atoms with Gasteiger partial charge in [-0.15, -0.1) is 0 Å². The van der Waals surface area contributed by atoms with Crippen molar-refractivity contribution in [1.82, 2.24) is 0 Å². The Labute approximate surface area is 428 Å². The summed E-state index contributed by atoms with van der Waals surface area (Å²) in [6, 6.07) is 49.5. The molecule has 0 saturated heterocycles. The van der Waals surface area contributed by atoms with Crippen LogP contribution < -0.4 is 0 Å². The van der Waals surface area contributed by atoms with E-state index in [1.165, 1.54) is 113 Å². The van der Waals surface area contributed by atoms with Gasteiger partial charge in [-0.05, 0) is 173 Å². The lowest BCUT2D eigenvalue weighted by atomic mass is 9.89. The average molecular weight is 925 g/mol. The van der Waals surface area contributed by atoms with E-state index in [9.17, 15) is 0 Å². The lowest BCUT2D eigenvalue weighted by Crippen LogP contribution is -1.94. The molecule has 0 fully saturated rings. The van der Waals surface area contributed by atoms with Crippen molar-refractivity contribution in [2.24, 2.45) is 0 Å². The van der Waals surface area contributed by atoms with Crippen molar-refractivity contribution in [3.05, 3.63) is 178 Å². The summed E-state index contributed by atoms with van der Waals surface area (Å²) in [6.45, 7) is 2.30. The number of fused-ring (bicyclic) bond motifs is 6. The average Bonchev–Trinajstić information content (AvgIpc) is 3.41. The Balaban J connectivity index is 1.00. The van der Waals surface area contributed by atoms with E-state index in [1.54, 1.807) is 0 Å². The molecule has 9 aromatic rings. The summed E-state index contributed by atoms with van der Waals surface area (Å²) < 4.78 is 0. The van der Waals surface area contributed by atoms with Gasteiger partial charge in [0.25, 0.3) is 0 Å². The van der Waals surface area contributed by atoms with E-state index in [0.29, 0.717) is 0 Å². The maximum atomic E-state index is 3.51. The molecule has 6 bridgehead atoms. The van der Waals surface area contributed by atoms with Gasteiger partial charge in [-0.2, -0.15) is 0 Å². The molecule has 0 amide bonds. The monoisotopic (exact) mass is 924 g/mol. The van der Waals surface area contributed by atoms with Gasteiger partial charge in [0.1, 0.15) is 0 Å². The first kappa shape index (κ1) is 47.6. The summed E-state index contributed by atoms with van der Waals surface area (Å²) in [4.78, 5) is 0. The second-order valence-electron chi connectivity index (χ2n) is 19.5. The van der Waals surface area contributed by atoms with Gasteiger partial charge < -0.3 is 0 Å². The molecular formula is C72H60. The third kappa shape index (κ3) is 11.2. The highest BCUT2D eigenvalue weighted by Gasteiger charge is 2.13. The minimum atomic E-state index is 0.883. The number of rotatable bonds is 17. The maximum absolute atomic E-state index is 3.51. The minimum absolute atomic E-state index is 0.883. The van der Waals surface area contributed by atoms with Crippen molar-refractivity contribution in [2.45, 2.75) is 116 Å². The smallest absolute Gasteiger partial charge is 0.0412 e. The Hall–Kier alpha value is -8.10. The predicted octanol–water partition coefficient (Wildman–Crippen LogP) is 17.9. The van der Waals surface area contributed by atoms with Gasteiger partial charge in [0.2, 0.25) is 0 Å². The van der Waals surface area contributed by atoms with E-state index < -0.39 is 0 Å². The summed E-state index contributed by atoms with van der Waals surface area (Å²) in [5.74, 6) is 40.1. The van der Waals surface area contributed by atoms with Crippen LogP contribution in [0.25, 0.3) is 64.6 Å². The summed E-state index contributed by atoms with van der Waals surface area (Å²) in [5, 5.41) is 13.6. The zero-order chi connectivity index (χ0) is 48.7. The summed E-state index contributed by atoms with van der Waals surface area (Å²) in [6.07, 6.45) is 22.7. The third-order valence-corrected chi connectivity index (χ3v) is 14.5. The molecule has 1 aliphatic carbocycles. The molecule has 0 heterocycles. The SMILES string of the molecule is CCCCCCCCCCCCCCCCCCc1c2cccc3c2cc2c(cccc12)C#CC#Cc1c2ccccc2cc2ccc(cc12)C#CC#Cc1ccc2cc4ccccc4c(c2c1)C#CC#C3. The first-order chi connectivity index (χ1) is 35.7. The molecule has 0 heteroatoms. The zero-order valence-electron chi connectivity index (χ0n) is 41.8. The van der Waals surface area contributed by atoms with Gasteiger partial charge >= 0.3 is 0 Å². The van der Waals surface area contributed by atoms with Crippen LogP contribution in [-0.4, -0.2) is 0 Å². The molecule has 348 valence electrons. The zero-order valence-corrected chi connectivity index (χ0v) is 41.8. The Morgan fingerprint density at radius 3 is 1.14 bits per heavy atom. The molecule has 0 spiro atoms. The Morgan fingerprint density at radius 2 is 0.667 bits per heavy atom. The fraction of sp³-hybridized carbons (Fsp3) is 0.250. The summed E-state index contributed by atoms with van der Waals surface area (Å²) >= 11 is 0. The largest absolute Gasteiger partial charge is 0.0654 e. The fourth-order valence-corrected chi connectivity index (χ4v) is 10.7. The standard InChI is InChI=1S/C72H60/c1-2-3-4-5-6-7-8-9-10-11-12-13-14-15-16-17-40-66-67-43-28-36-56-32-20-26-41-64-62-38-24-22-34-58(62)51-60-47-45-54(49-69(60)64)30-18-19-31-55-46-48-61-52-59-35-23-25-39-63(59)65(70(61)50-55)42-27-21-33-57-37-29-44-68(66)72(57)53-71(56)67/h22-25,28-29,34-39,43-53H,2-17,40H2,1H3. The van der Waals surface area contributed by atoms with Gasteiger partial charge in [0.05, 0.1) is 0 Å². The molecule has 0 aliphatic heterocycles. The van der Waals surface area contributed by atoms with E-state index in [-0.39, 0.29) is 0 Å². The number of unbranched alkanes of at least 4 members (excludes halogenated alkanes) is 15. The molecule has 72 heavy (non-hydrogen) atoms. The molecule has 1 aliphatic rings. The van der Waals surface area contributed by atoms with Crippen LogP contribution in [0.2, 0.25) is 0 Å². The normalized spacial score (nSPS) is 11.5. The maximum Gasteiger partial charge on any atom is 0.0412 e. The minimum Gasteiger partial charge on any atom is -0.0654 e. The second kappa shape index (κ2) is 23.7. The molecule has 0 N–H and O–H groups in total. The van der Waals surface area contributed by atoms with E-state index in [2.05, 4.69) is 217 Å². The topological polar surface area (TPSA) is 0 Å². The molecule has 0 atom stereocenters. The van der Waals surface area contributed by atoms with Gasteiger partial charge in [-0.1, -0.05) is 224 Å². The Morgan fingerprint density at radius 1 is 0.278 bits per heavy atom. The molecule has 9 aromatic carbocycles. The van der Waals surface area contributed by atoms with Gasteiger partial charge in [-0.3, -0.25) is 0 Å². The second-order valence-corrected chi connectivity index (χ2v) is 19.5. The van der Waals surface area contributed by atoms with Crippen molar-refractivity contribution in [1.29, 1.82) is 0 Å². The highest BCUT2D eigenvalue weighted by atomic mass is 14.2. The molecule has 0 nitrogen and oxygen atoms in total. The van der Waals surface area contributed by atoms with Crippen molar-refractivity contribution >= 4 is 64.6 Å². The molecule has 0 saturated carbocycles. The Bertz CT molecular complexity index is 3660. The van der Waals surface area contributed by atoms with Crippen LogP contribution in [0, 0.1) is 71.0 Å². The lowest BCUT2D eigenvalue weighted by Gasteiger charge is -2.14. The third-order valence-electron chi connectivity index (χ3n) is 14.5. The van der Waals surface area contributed by atoms with Crippen LogP contribution in [0.15, 0.2) is 140 Å². The quantitative estimate of drug-likeness (QED) is 0.0485. The Kier molecular flexibility index (Phi) is 15.6. The first-order valence-corrected chi connectivity index (χ1v) is 26.7. The molecule has 0 radical (unpaired) electrons. The van der Waals surface area contributed by atoms with Gasteiger partial charge in [-0.25, -0.2) is 0 Å². The molecular weight excluding hydrogens is 865 g/mol. The van der Waals surface area contributed by atoms with Gasteiger partial charge in [0.15, 0.2) is 0 Å². The predicted molar refractivity (Wildman–Crippen MR) is 309 cm³/mol. The number of hydrogen-bond acceptors (Lipinski definition) is 0. The molecule has 10 rings (SSSR count). The van der Waals surface area contributed by atoms with Crippen LogP contribution >= 0.6 is 0 Å². The lowest BCUT2D eigenvalue weighted by molar-refractivity contribution is 0.529. The first-order valence-electron chi connectivity index (χ1n) is 26.7. The molecule has 0 aromatic heterocycles. The van der Waals surface area contributed by atoms with Crippen LogP contribution in [0.3, 0.4) is 0 Å². The van der Waals surface area contributed by atoms with E-state index in [1.807, 2.05) is 0 Å². The summed E-state index contributed by atoms with van der Waals surface area (Å²) in [5.41, 5.74) is 6.97. The van der Waals surface area contributed by atoms with Gasteiger partial charge in [0, 0.05) is 33.4 Å². The fourth-order valence-electron chi connectivity index (χ4n) is 10.7. The van der Waals surface area contributed by atoms with E-state index in [4.69, 9.17) is 0 Å². The van der Waals surface area contributed by atoms with Crippen LogP contribution in [0.5, 0.6) is 0 Å².